The summed E-state index contributed by atoms with van der Waals surface area (Å²) in [6.07, 6.45) is -0.0148. The first-order chi connectivity index (χ1) is 9.38. The van der Waals surface area contributed by atoms with Crippen LogP contribution in [0.4, 0.5) is 0 Å². The molecule has 1 aromatic heterocycles. The van der Waals surface area contributed by atoms with Gasteiger partial charge in [0.2, 0.25) is 0 Å². The molecule has 20 heavy (non-hydrogen) atoms. The molecule has 0 spiro atoms. The van der Waals surface area contributed by atoms with E-state index in [9.17, 15) is 4.79 Å². The van der Waals surface area contributed by atoms with Crippen LogP contribution in [0.15, 0.2) is 18.2 Å². The molecule has 0 aliphatic heterocycles. The molecule has 1 aromatic carbocycles. The molecule has 6 heteroatoms. The number of aryl methyl sites for hydroxylation is 1. The lowest BCUT2D eigenvalue weighted by atomic mass is 10.1. The van der Waals surface area contributed by atoms with Gasteiger partial charge in [0, 0.05) is 11.3 Å². The van der Waals surface area contributed by atoms with E-state index < -0.39 is 5.97 Å². The van der Waals surface area contributed by atoms with Crippen molar-refractivity contribution in [2.24, 2.45) is 0 Å². The Balaban J connectivity index is 2.29. The van der Waals surface area contributed by atoms with Gasteiger partial charge >= 0.3 is 5.97 Å². The first-order valence-corrected chi connectivity index (χ1v) is 6.82. The van der Waals surface area contributed by atoms with Gasteiger partial charge < -0.3 is 5.11 Å². The lowest BCUT2D eigenvalue weighted by Crippen LogP contribution is -2.06. The summed E-state index contributed by atoms with van der Waals surface area (Å²) >= 11 is 11.9. The maximum Gasteiger partial charge on any atom is 0.307 e. The van der Waals surface area contributed by atoms with E-state index in [1.54, 1.807) is 16.8 Å². The fraction of sp³-hybridized carbons (Fsp3) is 0.286. The molecule has 2 aromatic rings. The Kier molecular flexibility index (Phi) is 4.35. The topological polar surface area (TPSA) is 55.1 Å². The van der Waals surface area contributed by atoms with E-state index in [0.717, 1.165) is 22.5 Å². The molecule has 0 atom stereocenters. The molecule has 0 radical (unpaired) electrons. The minimum absolute atomic E-state index is 0.0148. The van der Waals surface area contributed by atoms with E-state index in [-0.39, 0.29) is 6.42 Å². The van der Waals surface area contributed by atoms with E-state index in [1.807, 2.05) is 19.9 Å². The predicted octanol–water partition coefficient (Wildman–Crippen LogP) is 3.48. The van der Waals surface area contributed by atoms with Crippen LogP contribution >= 0.6 is 23.2 Å². The summed E-state index contributed by atoms with van der Waals surface area (Å²) < 4.78 is 1.78. The van der Waals surface area contributed by atoms with Crippen LogP contribution in [0.2, 0.25) is 10.0 Å². The number of nitrogens with zero attached hydrogens (tertiary/aromatic N) is 2. The summed E-state index contributed by atoms with van der Waals surface area (Å²) in [5, 5.41) is 14.3. The maximum absolute atomic E-state index is 10.9. The Morgan fingerprint density at radius 2 is 2.00 bits per heavy atom. The van der Waals surface area contributed by atoms with Gasteiger partial charge in [0.1, 0.15) is 0 Å². The molecular formula is C14H14Cl2N2O2. The zero-order valence-corrected chi connectivity index (χ0v) is 12.7. The Labute approximate surface area is 126 Å². The highest BCUT2D eigenvalue weighted by atomic mass is 35.5. The fourth-order valence-electron chi connectivity index (χ4n) is 2.11. The van der Waals surface area contributed by atoms with E-state index in [2.05, 4.69) is 5.10 Å². The third-order valence-electron chi connectivity index (χ3n) is 3.18. The van der Waals surface area contributed by atoms with Crippen molar-refractivity contribution in [3.05, 3.63) is 50.8 Å². The minimum Gasteiger partial charge on any atom is -0.481 e. The van der Waals surface area contributed by atoms with Crippen LogP contribution in [0.1, 0.15) is 22.5 Å². The molecule has 0 unspecified atom stereocenters. The van der Waals surface area contributed by atoms with Gasteiger partial charge in [0.05, 0.1) is 28.7 Å². The summed E-state index contributed by atoms with van der Waals surface area (Å²) in [5.41, 5.74) is 3.32. The van der Waals surface area contributed by atoms with Crippen molar-refractivity contribution in [2.45, 2.75) is 26.8 Å². The highest BCUT2D eigenvalue weighted by molar-refractivity contribution is 6.42. The van der Waals surface area contributed by atoms with Gasteiger partial charge in [0.15, 0.2) is 0 Å². The van der Waals surface area contributed by atoms with Crippen molar-refractivity contribution < 1.29 is 9.90 Å². The van der Waals surface area contributed by atoms with Crippen molar-refractivity contribution in [2.75, 3.05) is 0 Å². The number of hydrogen-bond donors (Lipinski definition) is 1. The Bertz CT molecular complexity index is 665. The number of benzene rings is 1. The van der Waals surface area contributed by atoms with Crippen molar-refractivity contribution in [1.82, 2.24) is 9.78 Å². The van der Waals surface area contributed by atoms with E-state index in [1.165, 1.54) is 0 Å². The largest absolute Gasteiger partial charge is 0.481 e. The SMILES string of the molecule is Cc1nn(Cc2ccc(Cl)c(Cl)c2)c(C)c1CC(=O)O. The molecule has 0 amide bonds. The number of halogens is 2. The lowest BCUT2D eigenvalue weighted by Gasteiger charge is -2.06. The molecule has 2 rings (SSSR count). The molecule has 0 aliphatic carbocycles. The molecule has 4 nitrogen and oxygen atoms in total. The summed E-state index contributed by atoms with van der Waals surface area (Å²) in [5.74, 6) is -0.856. The molecule has 1 N–H and O–H groups in total. The fourth-order valence-corrected chi connectivity index (χ4v) is 2.43. The van der Waals surface area contributed by atoms with Crippen LogP contribution in [0.5, 0.6) is 0 Å². The lowest BCUT2D eigenvalue weighted by molar-refractivity contribution is -0.136. The zero-order valence-electron chi connectivity index (χ0n) is 11.2. The monoisotopic (exact) mass is 312 g/mol. The predicted molar refractivity (Wildman–Crippen MR) is 78.6 cm³/mol. The van der Waals surface area contributed by atoms with Gasteiger partial charge in [0.25, 0.3) is 0 Å². The van der Waals surface area contributed by atoms with Crippen LogP contribution in [-0.4, -0.2) is 20.9 Å². The molecule has 0 saturated heterocycles. The van der Waals surface area contributed by atoms with Crippen LogP contribution in [0, 0.1) is 13.8 Å². The summed E-state index contributed by atoms with van der Waals surface area (Å²) in [7, 11) is 0. The van der Waals surface area contributed by atoms with Gasteiger partial charge in [-0.1, -0.05) is 29.3 Å². The number of carboxylic acid groups (broad SMARTS) is 1. The summed E-state index contributed by atoms with van der Waals surface area (Å²) in [4.78, 5) is 10.9. The highest BCUT2D eigenvalue weighted by Crippen LogP contribution is 2.23. The van der Waals surface area contributed by atoms with Crippen LogP contribution < -0.4 is 0 Å². The third kappa shape index (κ3) is 3.14. The maximum atomic E-state index is 10.9. The summed E-state index contributed by atoms with van der Waals surface area (Å²) in [6, 6.07) is 5.40. The molecule has 106 valence electrons. The van der Waals surface area contributed by atoms with Crippen molar-refractivity contribution in [3.63, 3.8) is 0 Å². The van der Waals surface area contributed by atoms with Crippen LogP contribution in [0.25, 0.3) is 0 Å². The standard InChI is InChI=1S/C14H14Cl2N2O2/c1-8-11(6-14(19)20)9(2)18(17-8)7-10-3-4-12(15)13(16)5-10/h3-5H,6-7H2,1-2H3,(H,19,20). The molecule has 1 heterocycles. The molecule has 0 saturated carbocycles. The first-order valence-electron chi connectivity index (χ1n) is 6.07. The Morgan fingerprint density at radius 1 is 1.30 bits per heavy atom. The average molecular weight is 313 g/mol. The first kappa shape index (κ1) is 14.9. The van der Waals surface area contributed by atoms with Gasteiger partial charge in [-0.25, -0.2) is 0 Å². The highest BCUT2D eigenvalue weighted by Gasteiger charge is 2.14. The van der Waals surface area contributed by atoms with Crippen molar-refractivity contribution in [3.8, 4) is 0 Å². The molecule has 0 aliphatic rings. The molecular weight excluding hydrogens is 299 g/mol. The van der Waals surface area contributed by atoms with E-state index >= 15 is 0 Å². The van der Waals surface area contributed by atoms with Crippen molar-refractivity contribution >= 4 is 29.2 Å². The Hall–Kier alpha value is -1.52. The van der Waals surface area contributed by atoms with Crippen LogP contribution in [0.3, 0.4) is 0 Å². The zero-order chi connectivity index (χ0) is 14.9. The number of rotatable bonds is 4. The van der Waals surface area contributed by atoms with E-state index in [4.69, 9.17) is 28.3 Å². The number of carbonyl (C=O) groups is 1. The van der Waals surface area contributed by atoms with E-state index in [0.29, 0.717) is 16.6 Å². The number of aliphatic carboxylic acids is 1. The van der Waals surface area contributed by atoms with Gasteiger partial charge in [-0.15, -0.1) is 0 Å². The average Bonchev–Trinajstić information content (AvgIpc) is 2.61. The number of hydrogen-bond acceptors (Lipinski definition) is 2. The van der Waals surface area contributed by atoms with Crippen LogP contribution in [-0.2, 0) is 17.8 Å². The van der Waals surface area contributed by atoms with Gasteiger partial charge in [-0.05, 0) is 31.5 Å². The van der Waals surface area contributed by atoms with Crippen molar-refractivity contribution in [1.29, 1.82) is 0 Å². The van der Waals surface area contributed by atoms with Gasteiger partial charge in [-0.2, -0.15) is 5.10 Å². The second-order valence-electron chi connectivity index (χ2n) is 4.63. The quantitative estimate of drug-likeness (QED) is 0.940. The molecule has 0 bridgehead atoms. The number of carboxylic acids is 1. The smallest absolute Gasteiger partial charge is 0.307 e. The summed E-state index contributed by atoms with van der Waals surface area (Å²) in [6.45, 7) is 4.22. The second kappa shape index (κ2) is 5.85. The van der Waals surface area contributed by atoms with Gasteiger partial charge in [-0.3, -0.25) is 9.48 Å². The third-order valence-corrected chi connectivity index (χ3v) is 3.91. The second-order valence-corrected chi connectivity index (χ2v) is 5.44. The minimum atomic E-state index is -0.856. The number of aromatic nitrogens is 2. The Morgan fingerprint density at radius 3 is 2.60 bits per heavy atom. The normalized spacial score (nSPS) is 10.8. The molecule has 0 fully saturated rings.